The highest BCUT2D eigenvalue weighted by molar-refractivity contribution is 6.02. The second-order valence-corrected chi connectivity index (χ2v) is 5.83. The molecule has 3 aromatic rings. The molecule has 1 amide bonds. The summed E-state index contributed by atoms with van der Waals surface area (Å²) in [4.78, 5) is 20.9. The molecular weight excluding hydrogens is 318 g/mol. The highest BCUT2D eigenvalue weighted by Crippen LogP contribution is 2.12. The van der Waals surface area contributed by atoms with Gasteiger partial charge in [-0.25, -0.2) is 9.97 Å². The smallest absolute Gasteiger partial charge is 0.275 e. The molecule has 0 bridgehead atoms. The maximum atomic E-state index is 12.3. The van der Waals surface area contributed by atoms with Gasteiger partial charge in [0.2, 0.25) is 5.95 Å². The SMILES string of the molecule is Cc1ccc(CNc2nc(C)cc(C(=O)Nc3cc(C)on3)n2)cc1. The number of hydrogen-bond donors (Lipinski definition) is 2. The van der Waals surface area contributed by atoms with Crippen LogP contribution in [-0.4, -0.2) is 21.0 Å². The molecule has 0 atom stereocenters. The number of anilines is 2. The minimum absolute atomic E-state index is 0.263. The number of hydrogen-bond acceptors (Lipinski definition) is 6. The summed E-state index contributed by atoms with van der Waals surface area (Å²) >= 11 is 0. The third kappa shape index (κ3) is 4.41. The molecule has 3 rings (SSSR count). The monoisotopic (exact) mass is 337 g/mol. The first-order valence-corrected chi connectivity index (χ1v) is 7.89. The molecule has 2 N–H and O–H groups in total. The van der Waals surface area contributed by atoms with Crippen LogP contribution in [0.15, 0.2) is 40.9 Å². The average Bonchev–Trinajstić information content (AvgIpc) is 2.99. The Kier molecular flexibility index (Phi) is 4.74. The molecule has 0 aliphatic heterocycles. The van der Waals surface area contributed by atoms with E-state index in [-0.39, 0.29) is 11.6 Å². The molecular formula is C18H19N5O2. The summed E-state index contributed by atoms with van der Waals surface area (Å²) in [6.07, 6.45) is 0. The summed E-state index contributed by atoms with van der Waals surface area (Å²) < 4.78 is 4.93. The number of rotatable bonds is 5. The lowest BCUT2D eigenvalue weighted by molar-refractivity contribution is 0.102. The molecule has 2 aromatic heterocycles. The number of nitrogens with one attached hydrogen (secondary N) is 2. The maximum Gasteiger partial charge on any atom is 0.275 e. The number of benzene rings is 1. The van der Waals surface area contributed by atoms with Gasteiger partial charge in [-0.05, 0) is 32.4 Å². The number of aromatic nitrogens is 3. The van der Waals surface area contributed by atoms with Gasteiger partial charge in [-0.15, -0.1) is 0 Å². The van der Waals surface area contributed by atoms with Crippen molar-refractivity contribution in [1.82, 2.24) is 15.1 Å². The molecule has 0 fully saturated rings. The fourth-order valence-electron chi connectivity index (χ4n) is 2.26. The van der Waals surface area contributed by atoms with Crippen LogP contribution in [0.1, 0.15) is 33.1 Å². The van der Waals surface area contributed by atoms with Crippen molar-refractivity contribution in [3.63, 3.8) is 0 Å². The summed E-state index contributed by atoms with van der Waals surface area (Å²) in [5.41, 5.74) is 3.28. The highest BCUT2D eigenvalue weighted by atomic mass is 16.5. The van der Waals surface area contributed by atoms with E-state index >= 15 is 0 Å². The van der Waals surface area contributed by atoms with Crippen molar-refractivity contribution < 1.29 is 9.32 Å². The third-order valence-corrected chi connectivity index (χ3v) is 3.53. The van der Waals surface area contributed by atoms with Crippen LogP contribution in [0.4, 0.5) is 11.8 Å². The number of aryl methyl sites for hydroxylation is 3. The van der Waals surface area contributed by atoms with E-state index in [4.69, 9.17) is 4.52 Å². The quantitative estimate of drug-likeness (QED) is 0.742. The topological polar surface area (TPSA) is 92.9 Å². The maximum absolute atomic E-state index is 12.3. The van der Waals surface area contributed by atoms with Crippen LogP contribution in [0.3, 0.4) is 0 Å². The van der Waals surface area contributed by atoms with Gasteiger partial charge in [-0.2, -0.15) is 0 Å². The van der Waals surface area contributed by atoms with Crippen molar-refractivity contribution >= 4 is 17.7 Å². The van der Waals surface area contributed by atoms with Crippen LogP contribution in [0.25, 0.3) is 0 Å². The Bertz CT molecular complexity index is 887. The number of carbonyl (C=O) groups is 1. The zero-order chi connectivity index (χ0) is 17.8. The van der Waals surface area contributed by atoms with Crippen molar-refractivity contribution in [2.45, 2.75) is 27.3 Å². The van der Waals surface area contributed by atoms with Crippen molar-refractivity contribution in [3.8, 4) is 0 Å². The zero-order valence-corrected chi connectivity index (χ0v) is 14.3. The number of nitrogens with zero attached hydrogens (tertiary/aromatic N) is 3. The Morgan fingerprint density at radius 3 is 2.52 bits per heavy atom. The van der Waals surface area contributed by atoms with Gasteiger partial charge in [0, 0.05) is 18.3 Å². The average molecular weight is 337 g/mol. The molecule has 0 spiro atoms. The fraction of sp³-hybridized carbons (Fsp3) is 0.222. The normalized spacial score (nSPS) is 10.5. The van der Waals surface area contributed by atoms with Gasteiger partial charge in [0.1, 0.15) is 11.5 Å². The largest absolute Gasteiger partial charge is 0.360 e. The lowest BCUT2D eigenvalue weighted by Crippen LogP contribution is -2.16. The predicted molar refractivity (Wildman–Crippen MR) is 94.5 cm³/mol. The van der Waals surface area contributed by atoms with Crippen molar-refractivity contribution in [2.24, 2.45) is 0 Å². The Morgan fingerprint density at radius 1 is 1.08 bits per heavy atom. The first-order valence-electron chi connectivity index (χ1n) is 7.89. The van der Waals surface area contributed by atoms with Crippen molar-refractivity contribution in [1.29, 1.82) is 0 Å². The Balaban J connectivity index is 1.71. The van der Waals surface area contributed by atoms with Gasteiger partial charge in [-0.3, -0.25) is 4.79 Å². The fourth-order valence-corrected chi connectivity index (χ4v) is 2.26. The molecule has 0 saturated carbocycles. The minimum atomic E-state index is -0.364. The second kappa shape index (κ2) is 7.12. The Hall–Kier alpha value is -3.22. The van der Waals surface area contributed by atoms with Crippen molar-refractivity contribution in [2.75, 3.05) is 10.6 Å². The Labute approximate surface area is 145 Å². The van der Waals surface area contributed by atoms with E-state index in [9.17, 15) is 4.79 Å². The molecule has 0 radical (unpaired) electrons. The van der Waals surface area contributed by atoms with Crippen LogP contribution >= 0.6 is 0 Å². The first-order chi connectivity index (χ1) is 12.0. The summed E-state index contributed by atoms with van der Waals surface area (Å²) in [6, 6.07) is 11.4. The number of amides is 1. The molecule has 7 nitrogen and oxygen atoms in total. The summed E-state index contributed by atoms with van der Waals surface area (Å²) in [7, 11) is 0. The zero-order valence-electron chi connectivity index (χ0n) is 14.3. The summed E-state index contributed by atoms with van der Waals surface area (Å²) in [5.74, 6) is 1.02. The molecule has 0 unspecified atom stereocenters. The van der Waals surface area contributed by atoms with E-state index in [1.165, 1.54) is 5.56 Å². The van der Waals surface area contributed by atoms with Gasteiger partial charge in [0.15, 0.2) is 5.82 Å². The van der Waals surface area contributed by atoms with Gasteiger partial charge in [0.05, 0.1) is 0 Å². The molecule has 7 heteroatoms. The van der Waals surface area contributed by atoms with E-state index in [0.717, 1.165) is 5.56 Å². The highest BCUT2D eigenvalue weighted by Gasteiger charge is 2.13. The van der Waals surface area contributed by atoms with Gasteiger partial charge in [-0.1, -0.05) is 35.0 Å². The van der Waals surface area contributed by atoms with E-state index < -0.39 is 0 Å². The molecule has 0 saturated heterocycles. The Morgan fingerprint density at radius 2 is 1.84 bits per heavy atom. The molecule has 2 heterocycles. The summed E-state index contributed by atoms with van der Waals surface area (Å²) in [6.45, 7) is 6.19. The van der Waals surface area contributed by atoms with E-state index in [1.54, 1.807) is 19.1 Å². The van der Waals surface area contributed by atoms with E-state index in [2.05, 4.69) is 25.8 Å². The lowest BCUT2D eigenvalue weighted by Gasteiger charge is -2.08. The van der Waals surface area contributed by atoms with Crippen LogP contribution in [0.2, 0.25) is 0 Å². The van der Waals surface area contributed by atoms with Gasteiger partial charge in [0.25, 0.3) is 5.91 Å². The molecule has 25 heavy (non-hydrogen) atoms. The van der Waals surface area contributed by atoms with Crippen LogP contribution < -0.4 is 10.6 Å². The van der Waals surface area contributed by atoms with E-state index in [0.29, 0.717) is 29.8 Å². The third-order valence-electron chi connectivity index (χ3n) is 3.53. The summed E-state index contributed by atoms with van der Waals surface area (Å²) in [5, 5.41) is 9.54. The van der Waals surface area contributed by atoms with Gasteiger partial charge < -0.3 is 15.2 Å². The van der Waals surface area contributed by atoms with Crippen LogP contribution in [-0.2, 0) is 6.54 Å². The van der Waals surface area contributed by atoms with E-state index in [1.807, 2.05) is 38.1 Å². The van der Waals surface area contributed by atoms with Crippen LogP contribution in [0, 0.1) is 20.8 Å². The minimum Gasteiger partial charge on any atom is -0.360 e. The molecule has 0 aliphatic carbocycles. The standard InChI is InChI=1S/C18H19N5O2/c1-11-4-6-14(7-5-11)10-19-18-20-12(2)8-15(21-18)17(24)22-16-9-13(3)25-23-16/h4-9H,10H2,1-3H3,(H,19,20,21)(H,22,23,24). The second-order valence-electron chi connectivity index (χ2n) is 5.83. The first kappa shape index (κ1) is 16.6. The molecule has 0 aliphatic rings. The predicted octanol–water partition coefficient (Wildman–Crippen LogP) is 3.25. The number of carbonyl (C=O) groups excluding carboxylic acids is 1. The lowest BCUT2D eigenvalue weighted by atomic mass is 10.1. The molecule has 128 valence electrons. The van der Waals surface area contributed by atoms with Crippen LogP contribution in [0.5, 0.6) is 0 Å². The molecule has 1 aromatic carbocycles. The van der Waals surface area contributed by atoms with Crippen molar-refractivity contribution in [3.05, 3.63) is 64.7 Å². The van der Waals surface area contributed by atoms with Gasteiger partial charge >= 0.3 is 0 Å².